The zero-order valence-corrected chi connectivity index (χ0v) is 11.2. The lowest BCUT2D eigenvalue weighted by molar-refractivity contribution is -0.132. The van der Waals surface area contributed by atoms with Crippen molar-refractivity contribution in [3.63, 3.8) is 0 Å². The van der Waals surface area contributed by atoms with E-state index in [1.165, 1.54) is 0 Å². The second-order valence-electron chi connectivity index (χ2n) is 5.61. The van der Waals surface area contributed by atoms with Crippen molar-refractivity contribution in [3.05, 3.63) is 0 Å². The van der Waals surface area contributed by atoms with Crippen LogP contribution in [0.5, 0.6) is 0 Å². The summed E-state index contributed by atoms with van der Waals surface area (Å²) in [6.45, 7) is 4.44. The third-order valence-corrected chi connectivity index (χ3v) is 5.92. The summed E-state index contributed by atoms with van der Waals surface area (Å²) in [6.07, 6.45) is 1.01. The van der Waals surface area contributed by atoms with E-state index in [0.29, 0.717) is 19.4 Å². The van der Waals surface area contributed by atoms with Crippen LogP contribution in [-0.4, -0.2) is 48.9 Å². The Bertz CT molecular complexity index is 430. The van der Waals surface area contributed by atoms with Gasteiger partial charge in [-0.15, -0.1) is 0 Å². The number of sulfone groups is 1. The normalized spacial score (nSPS) is 35.5. The fourth-order valence-corrected chi connectivity index (χ4v) is 4.80. The molecule has 0 bridgehead atoms. The van der Waals surface area contributed by atoms with Gasteiger partial charge in [0, 0.05) is 23.9 Å². The standard InChI is InChI=1S/C11H20N2O3S/c1-11(2)8(6-12)5-10(14)13(11)9-3-4-17(15,16)7-9/h8-9H,3-7,12H2,1-2H3. The topological polar surface area (TPSA) is 80.5 Å². The molecule has 6 heteroatoms. The van der Waals surface area contributed by atoms with E-state index in [2.05, 4.69) is 0 Å². The van der Waals surface area contributed by atoms with Crippen LogP contribution in [-0.2, 0) is 14.6 Å². The minimum Gasteiger partial charge on any atom is -0.333 e. The van der Waals surface area contributed by atoms with Crippen LogP contribution in [0.25, 0.3) is 0 Å². The summed E-state index contributed by atoms with van der Waals surface area (Å²) in [5.74, 6) is 0.482. The van der Waals surface area contributed by atoms with Gasteiger partial charge in [0.05, 0.1) is 11.5 Å². The average molecular weight is 260 g/mol. The molecular weight excluding hydrogens is 240 g/mol. The Hall–Kier alpha value is -0.620. The number of rotatable bonds is 2. The lowest BCUT2D eigenvalue weighted by Gasteiger charge is -2.39. The Morgan fingerprint density at radius 2 is 2.12 bits per heavy atom. The van der Waals surface area contributed by atoms with Crippen LogP contribution in [0.3, 0.4) is 0 Å². The number of hydrogen-bond acceptors (Lipinski definition) is 4. The number of hydrogen-bond donors (Lipinski definition) is 1. The third kappa shape index (κ3) is 2.08. The summed E-state index contributed by atoms with van der Waals surface area (Å²) < 4.78 is 23.0. The van der Waals surface area contributed by atoms with Gasteiger partial charge >= 0.3 is 0 Å². The summed E-state index contributed by atoms with van der Waals surface area (Å²) in [4.78, 5) is 13.8. The molecular formula is C11H20N2O3S. The van der Waals surface area contributed by atoms with Crippen molar-refractivity contribution in [3.8, 4) is 0 Å². The molecule has 2 aliphatic heterocycles. The minimum absolute atomic E-state index is 0.0487. The average Bonchev–Trinajstić information content (AvgIpc) is 2.64. The first kappa shape index (κ1) is 12.8. The number of amides is 1. The molecule has 2 fully saturated rings. The van der Waals surface area contributed by atoms with Crippen LogP contribution < -0.4 is 5.73 Å². The van der Waals surface area contributed by atoms with Crippen LogP contribution in [0.1, 0.15) is 26.7 Å². The highest BCUT2D eigenvalue weighted by molar-refractivity contribution is 7.91. The highest BCUT2D eigenvalue weighted by Crippen LogP contribution is 2.38. The summed E-state index contributed by atoms with van der Waals surface area (Å²) in [7, 11) is -2.96. The molecule has 0 aliphatic carbocycles. The molecule has 2 heterocycles. The zero-order chi connectivity index (χ0) is 12.8. The molecule has 2 atom stereocenters. The molecule has 0 aromatic rings. The van der Waals surface area contributed by atoms with Gasteiger partial charge in [0.1, 0.15) is 0 Å². The van der Waals surface area contributed by atoms with E-state index < -0.39 is 9.84 Å². The van der Waals surface area contributed by atoms with Crippen molar-refractivity contribution in [2.75, 3.05) is 18.1 Å². The number of nitrogens with zero attached hydrogens (tertiary/aromatic N) is 1. The molecule has 0 spiro atoms. The van der Waals surface area contributed by atoms with Gasteiger partial charge < -0.3 is 10.6 Å². The summed E-state index contributed by atoms with van der Waals surface area (Å²) in [6, 6.07) is -0.154. The fourth-order valence-electron chi connectivity index (χ4n) is 3.10. The Morgan fingerprint density at radius 3 is 2.53 bits per heavy atom. The van der Waals surface area contributed by atoms with Crippen molar-refractivity contribution in [2.24, 2.45) is 11.7 Å². The Balaban J connectivity index is 2.24. The second-order valence-corrected chi connectivity index (χ2v) is 7.84. The first-order valence-corrected chi connectivity index (χ1v) is 7.83. The Labute approximate surface area is 102 Å². The van der Waals surface area contributed by atoms with E-state index in [-0.39, 0.29) is 34.9 Å². The Morgan fingerprint density at radius 1 is 1.47 bits per heavy atom. The molecule has 5 nitrogen and oxygen atoms in total. The third-order valence-electron chi connectivity index (χ3n) is 4.17. The molecule has 0 aromatic carbocycles. The number of carbonyl (C=O) groups is 1. The zero-order valence-electron chi connectivity index (χ0n) is 10.3. The molecule has 2 rings (SSSR count). The van der Waals surface area contributed by atoms with E-state index in [1.807, 2.05) is 13.8 Å². The van der Waals surface area contributed by atoms with Crippen molar-refractivity contribution < 1.29 is 13.2 Å². The van der Waals surface area contributed by atoms with Crippen molar-refractivity contribution >= 4 is 15.7 Å². The smallest absolute Gasteiger partial charge is 0.223 e. The molecule has 2 unspecified atom stereocenters. The molecule has 98 valence electrons. The largest absolute Gasteiger partial charge is 0.333 e. The van der Waals surface area contributed by atoms with E-state index in [0.717, 1.165) is 0 Å². The van der Waals surface area contributed by atoms with Crippen LogP contribution >= 0.6 is 0 Å². The van der Waals surface area contributed by atoms with Gasteiger partial charge in [-0.1, -0.05) is 0 Å². The van der Waals surface area contributed by atoms with Gasteiger partial charge in [0.15, 0.2) is 9.84 Å². The number of nitrogens with two attached hydrogens (primary N) is 1. The maximum absolute atomic E-state index is 12.0. The van der Waals surface area contributed by atoms with E-state index >= 15 is 0 Å². The molecule has 17 heavy (non-hydrogen) atoms. The van der Waals surface area contributed by atoms with Crippen LogP contribution in [0, 0.1) is 5.92 Å². The van der Waals surface area contributed by atoms with Gasteiger partial charge in [-0.05, 0) is 26.8 Å². The van der Waals surface area contributed by atoms with Gasteiger partial charge in [-0.2, -0.15) is 0 Å². The quantitative estimate of drug-likeness (QED) is 0.743. The molecule has 0 aromatic heterocycles. The highest BCUT2D eigenvalue weighted by atomic mass is 32.2. The fraction of sp³-hybridized carbons (Fsp3) is 0.909. The maximum atomic E-state index is 12.0. The van der Waals surface area contributed by atoms with E-state index in [1.54, 1.807) is 4.90 Å². The second kappa shape index (κ2) is 3.95. The number of carbonyl (C=O) groups excluding carboxylic acids is 1. The molecule has 2 aliphatic rings. The summed E-state index contributed by atoms with van der Waals surface area (Å²) >= 11 is 0. The molecule has 2 N–H and O–H groups in total. The van der Waals surface area contributed by atoms with Gasteiger partial charge in [0.2, 0.25) is 5.91 Å². The first-order chi connectivity index (χ1) is 7.78. The van der Waals surface area contributed by atoms with Crippen molar-refractivity contribution in [1.29, 1.82) is 0 Å². The molecule has 0 saturated carbocycles. The van der Waals surface area contributed by atoms with Crippen LogP contribution in [0.15, 0.2) is 0 Å². The lowest BCUT2D eigenvalue weighted by atomic mass is 9.88. The maximum Gasteiger partial charge on any atom is 0.223 e. The first-order valence-electron chi connectivity index (χ1n) is 6.00. The highest BCUT2D eigenvalue weighted by Gasteiger charge is 2.50. The molecule has 1 amide bonds. The predicted molar refractivity (Wildman–Crippen MR) is 65.1 cm³/mol. The number of likely N-dealkylation sites (tertiary alicyclic amines) is 1. The van der Waals surface area contributed by atoms with Gasteiger partial charge in [0.25, 0.3) is 0 Å². The molecule has 0 radical (unpaired) electrons. The summed E-state index contributed by atoms with van der Waals surface area (Å²) in [5.41, 5.74) is 5.37. The van der Waals surface area contributed by atoms with Crippen LogP contribution in [0.2, 0.25) is 0 Å². The monoisotopic (exact) mass is 260 g/mol. The van der Waals surface area contributed by atoms with Crippen molar-refractivity contribution in [2.45, 2.75) is 38.3 Å². The molecule has 2 saturated heterocycles. The van der Waals surface area contributed by atoms with E-state index in [4.69, 9.17) is 5.73 Å². The predicted octanol–water partition coefficient (Wildman–Crippen LogP) is -0.241. The minimum atomic E-state index is -2.96. The van der Waals surface area contributed by atoms with Gasteiger partial charge in [-0.3, -0.25) is 4.79 Å². The van der Waals surface area contributed by atoms with Crippen molar-refractivity contribution in [1.82, 2.24) is 4.90 Å². The van der Waals surface area contributed by atoms with Gasteiger partial charge in [-0.25, -0.2) is 8.42 Å². The lowest BCUT2D eigenvalue weighted by Crippen LogP contribution is -2.51. The Kier molecular flexibility index (Phi) is 2.98. The van der Waals surface area contributed by atoms with E-state index in [9.17, 15) is 13.2 Å². The summed E-state index contributed by atoms with van der Waals surface area (Å²) in [5, 5.41) is 0. The van der Waals surface area contributed by atoms with Crippen LogP contribution in [0.4, 0.5) is 0 Å². The SMILES string of the molecule is CC1(C)C(CN)CC(=O)N1C1CCS(=O)(=O)C1.